The number of rotatable bonds is 2. The first-order valence-electron chi connectivity index (χ1n) is 6.48. The second-order valence-corrected chi connectivity index (χ2v) is 4.91. The van der Waals surface area contributed by atoms with Crippen LogP contribution in [0.25, 0.3) is 0 Å². The van der Waals surface area contributed by atoms with Gasteiger partial charge in [-0.2, -0.15) is 0 Å². The number of hydrogen-bond donors (Lipinski definition) is 1. The first kappa shape index (κ1) is 13.4. The SMILES string of the molecule is Clc1ccccc1CC#CCN1CCCNCC1. The van der Waals surface area contributed by atoms with Crippen LogP contribution in [0.15, 0.2) is 24.3 Å². The number of benzene rings is 1. The molecule has 0 bridgehead atoms. The van der Waals surface area contributed by atoms with Crippen molar-refractivity contribution < 1.29 is 0 Å². The molecule has 0 radical (unpaired) electrons. The highest BCUT2D eigenvalue weighted by atomic mass is 35.5. The maximum Gasteiger partial charge on any atom is 0.0602 e. The van der Waals surface area contributed by atoms with Gasteiger partial charge in [-0.15, -0.1) is 0 Å². The van der Waals surface area contributed by atoms with Crippen molar-refractivity contribution >= 4 is 11.6 Å². The van der Waals surface area contributed by atoms with Crippen molar-refractivity contribution in [2.75, 3.05) is 32.7 Å². The Kier molecular flexibility index (Phi) is 5.54. The number of nitrogens with one attached hydrogen (secondary N) is 1. The van der Waals surface area contributed by atoms with Crippen molar-refractivity contribution in [3.05, 3.63) is 34.9 Å². The first-order valence-corrected chi connectivity index (χ1v) is 6.86. The van der Waals surface area contributed by atoms with Crippen LogP contribution in [-0.2, 0) is 6.42 Å². The minimum Gasteiger partial charge on any atom is -0.315 e. The van der Waals surface area contributed by atoms with E-state index in [1.807, 2.05) is 24.3 Å². The molecule has 1 N–H and O–H groups in total. The van der Waals surface area contributed by atoms with Crippen molar-refractivity contribution in [3.63, 3.8) is 0 Å². The molecule has 96 valence electrons. The van der Waals surface area contributed by atoms with E-state index < -0.39 is 0 Å². The predicted octanol–water partition coefficient (Wildman–Crippen LogP) is 2.18. The van der Waals surface area contributed by atoms with Crippen molar-refractivity contribution in [2.24, 2.45) is 0 Å². The predicted molar refractivity (Wildman–Crippen MR) is 76.9 cm³/mol. The first-order chi connectivity index (χ1) is 8.86. The van der Waals surface area contributed by atoms with Gasteiger partial charge in [-0.3, -0.25) is 4.90 Å². The molecule has 1 fully saturated rings. The molecular weight excluding hydrogens is 244 g/mol. The van der Waals surface area contributed by atoms with Gasteiger partial charge in [0.1, 0.15) is 0 Å². The molecule has 2 nitrogen and oxygen atoms in total. The topological polar surface area (TPSA) is 15.3 Å². The molecule has 0 aliphatic carbocycles. The standard InChI is InChI=1S/C15H19ClN2/c16-15-8-2-1-6-14(15)7-3-4-11-18-12-5-9-17-10-13-18/h1-2,6,8,17H,5,7,9-13H2. The third-order valence-electron chi connectivity index (χ3n) is 3.10. The van der Waals surface area contributed by atoms with E-state index in [0.717, 1.165) is 49.7 Å². The van der Waals surface area contributed by atoms with Crippen LogP contribution < -0.4 is 5.32 Å². The molecule has 0 atom stereocenters. The largest absolute Gasteiger partial charge is 0.315 e. The summed E-state index contributed by atoms with van der Waals surface area (Å²) in [6, 6.07) is 7.90. The molecular formula is C15H19ClN2. The van der Waals surface area contributed by atoms with E-state index in [0.29, 0.717) is 0 Å². The molecule has 2 rings (SSSR count). The lowest BCUT2D eigenvalue weighted by molar-refractivity contribution is 0.329. The summed E-state index contributed by atoms with van der Waals surface area (Å²) < 4.78 is 0. The van der Waals surface area contributed by atoms with E-state index in [2.05, 4.69) is 22.1 Å². The fourth-order valence-corrected chi connectivity index (χ4v) is 2.23. The normalized spacial score (nSPS) is 16.7. The summed E-state index contributed by atoms with van der Waals surface area (Å²) >= 11 is 6.09. The average molecular weight is 263 g/mol. The number of hydrogen-bond acceptors (Lipinski definition) is 2. The lowest BCUT2D eigenvalue weighted by atomic mass is 10.1. The molecule has 1 heterocycles. The fourth-order valence-electron chi connectivity index (χ4n) is 2.03. The van der Waals surface area contributed by atoms with E-state index in [-0.39, 0.29) is 0 Å². The van der Waals surface area contributed by atoms with Crippen LogP contribution in [0.4, 0.5) is 0 Å². The van der Waals surface area contributed by atoms with E-state index in [1.165, 1.54) is 6.42 Å². The molecule has 1 aromatic rings. The molecule has 1 aliphatic rings. The Morgan fingerprint density at radius 1 is 1.17 bits per heavy atom. The van der Waals surface area contributed by atoms with Crippen molar-refractivity contribution in [1.82, 2.24) is 10.2 Å². The van der Waals surface area contributed by atoms with Crippen LogP contribution in [0.2, 0.25) is 5.02 Å². The number of nitrogens with zero attached hydrogens (tertiary/aromatic N) is 1. The van der Waals surface area contributed by atoms with Gasteiger partial charge in [0, 0.05) is 31.1 Å². The molecule has 0 spiro atoms. The van der Waals surface area contributed by atoms with Crippen LogP contribution in [0, 0.1) is 11.8 Å². The Morgan fingerprint density at radius 2 is 2.06 bits per heavy atom. The monoisotopic (exact) mass is 262 g/mol. The summed E-state index contributed by atoms with van der Waals surface area (Å²) in [5.41, 5.74) is 1.11. The maximum atomic E-state index is 6.09. The quantitative estimate of drug-likeness (QED) is 0.822. The molecule has 18 heavy (non-hydrogen) atoms. The highest BCUT2D eigenvalue weighted by Crippen LogP contribution is 2.14. The van der Waals surface area contributed by atoms with Gasteiger partial charge >= 0.3 is 0 Å². The lowest BCUT2D eigenvalue weighted by Crippen LogP contribution is -2.28. The van der Waals surface area contributed by atoms with Crippen LogP contribution in [0.3, 0.4) is 0 Å². The average Bonchev–Trinajstić information content (AvgIpc) is 2.65. The molecule has 1 aromatic carbocycles. The zero-order valence-corrected chi connectivity index (χ0v) is 11.3. The van der Waals surface area contributed by atoms with Crippen LogP contribution in [0.1, 0.15) is 12.0 Å². The van der Waals surface area contributed by atoms with Crippen LogP contribution >= 0.6 is 11.6 Å². The van der Waals surface area contributed by atoms with E-state index >= 15 is 0 Å². The highest BCUT2D eigenvalue weighted by Gasteiger charge is 2.05. The van der Waals surface area contributed by atoms with Gasteiger partial charge in [-0.1, -0.05) is 41.6 Å². The molecule has 3 heteroatoms. The maximum absolute atomic E-state index is 6.09. The van der Waals surface area contributed by atoms with Gasteiger partial charge < -0.3 is 5.32 Å². The summed E-state index contributed by atoms with van der Waals surface area (Å²) in [5, 5.41) is 4.20. The zero-order chi connectivity index (χ0) is 12.6. The van der Waals surface area contributed by atoms with Crippen molar-refractivity contribution in [2.45, 2.75) is 12.8 Å². The molecule has 1 saturated heterocycles. The van der Waals surface area contributed by atoms with Gasteiger partial charge in [0.15, 0.2) is 0 Å². The summed E-state index contributed by atoms with van der Waals surface area (Å²) in [4.78, 5) is 2.40. The second-order valence-electron chi connectivity index (χ2n) is 4.50. The van der Waals surface area contributed by atoms with Crippen molar-refractivity contribution in [3.8, 4) is 11.8 Å². The summed E-state index contributed by atoms with van der Waals surface area (Å²) in [5.74, 6) is 6.46. The third-order valence-corrected chi connectivity index (χ3v) is 3.47. The minimum absolute atomic E-state index is 0.742. The minimum atomic E-state index is 0.742. The second kappa shape index (κ2) is 7.43. The van der Waals surface area contributed by atoms with Gasteiger partial charge in [0.2, 0.25) is 0 Å². The Morgan fingerprint density at radius 3 is 2.94 bits per heavy atom. The fraction of sp³-hybridized carbons (Fsp3) is 0.467. The van der Waals surface area contributed by atoms with E-state index in [9.17, 15) is 0 Å². The van der Waals surface area contributed by atoms with Crippen LogP contribution in [0.5, 0.6) is 0 Å². The summed E-state index contributed by atoms with van der Waals surface area (Å²) in [7, 11) is 0. The van der Waals surface area contributed by atoms with Gasteiger partial charge in [-0.05, 0) is 24.6 Å². The Bertz CT molecular complexity index is 426. The Labute approximate surface area is 114 Å². The van der Waals surface area contributed by atoms with Crippen LogP contribution in [-0.4, -0.2) is 37.6 Å². The molecule has 0 amide bonds. The lowest BCUT2D eigenvalue weighted by Gasteiger charge is -2.15. The Hall–Kier alpha value is -1.01. The summed E-state index contributed by atoms with van der Waals surface area (Å²) in [6.45, 7) is 5.32. The molecule has 0 unspecified atom stereocenters. The van der Waals surface area contributed by atoms with Gasteiger partial charge in [0.05, 0.1) is 6.54 Å². The van der Waals surface area contributed by atoms with E-state index in [1.54, 1.807) is 0 Å². The third kappa shape index (κ3) is 4.34. The molecule has 1 aliphatic heterocycles. The summed E-state index contributed by atoms with van der Waals surface area (Å²) in [6.07, 6.45) is 1.96. The van der Waals surface area contributed by atoms with E-state index in [4.69, 9.17) is 11.6 Å². The van der Waals surface area contributed by atoms with Gasteiger partial charge in [0.25, 0.3) is 0 Å². The highest BCUT2D eigenvalue weighted by molar-refractivity contribution is 6.31. The number of halogens is 1. The van der Waals surface area contributed by atoms with Gasteiger partial charge in [-0.25, -0.2) is 0 Å². The van der Waals surface area contributed by atoms with Crippen molar-refractivity contribution in [1.29, 1.82) is 0 Å². The smallest absolute Gasteiger partial charge is 0.0602 e. The molecule has 0 aromatic heterocycles. The Balaban J connectivity index is 1.80. The zero-order valence-electron chi connectivity index (χ0n) is 10.6. The molecule has 0 saturated carbocycles.